The molecule has 1 aliphatic heterocycles. The molecule has 1 aliphatic rings. The first-order valence-corrected chi connectivity index (χ1v) is 12.2. The number of hydrogen-bond acceptors (Lipinski definition) is 6. The van der Waals surface area contributed by atoms with Crippen LogP contribution in [0.5, 0.6) is 0 Å². The molecule has 1 saturated heterocycles. The van der Waals surface area contributed by atoms with E-state index in [1.807, 2.05) is 0 Å². The maximum atomic E-state index is 12.8. The fourth-order valence-corrected chi connectivity index (χ4v) is 5.47. The Bertz CT molecular complexity index is 1110. The molecule has 1 amide bonds. The Balaban J connectivity index is 1.97. The van der Waals surface area contributed by atoms with Crippen molar-refractivity contribution in [2.45, 2.75) is 26.3 Å². The largest absolute Gasteiger partial charge is 0.465 e. The molecule has 0 saturated carbocycles. The maximum absolute atomic E-state index is 12.8. The van der Waals surface area contributed by atoms with E-state index in [1.54, 1.807) is 29.7 Å². The smallest absolute Gasteiger partial charge is 0.326 e. The Hall–Kier alpha value is -1.75. The first-order valence-electron chi connectivity index (χ1n) is 9.17. The van der Waals surface area contributed by atoms with E-state index in [1.165, 1.54) is 15.6 Å². The standard InChI is InChI=1S/C18H22ClN3O5S2/c1-3-27-16(23)11-22-14-7-6-13(19)9-15(14)28-18(22)20-17(24)12-5-4-8-21(10-12)29(2,25)26/h6-7,9,12H,3-5,8,10-11H2,1-2H3. The zero-order valence-electron chi connectivity index (χ0n) is 16.1. The molecule has 1 aromatic heterocycles. The lowest BCUT2D eigenvalue weighted by atomic mass is 9.99. The minimum Gasteiger partial charge on any atom is -0.465 e. The van der Waals surface area contributed by atoms with Gasteiger partial charge < -0.3 is 9.30 Å². The van der Waals surface area contributed by atoms with Gasteiger partial charge in [-0.05, 0) is 38.0 Å². The van der Waals surface area contributed by atoms with Crippen molar-refractivity contribution in [3.8, 4) is 0 Å². The van der Waals surface area contributed by atoms with Gasteiger partial charge in [0.15, 0.2) is 4.80 Å². The molecule has 1 fully saturated rings. The third kappa shape index (κ3) is 5.25. The summed E-state index contributed by atoms with van der Waals surface area (Å²) in [6.45, 7) is 2.42. The summed E-state index contributed by atoms with van der Waals surface area (Å²) < 4.78 is 32.4. The summed E-state index contributed by atoms with van der Waals surface area (Å²) in [5, 5.41) is 0.538. The number of carbonyl (C=O) groups is 2. The molecule has 8 nitrogen and oxygen atoms in total. The number of ether oxygens (including phenoxy) is 1. The molecular formula is C18H22ClN3O5S2. The predicted molar refractivity (Wildman–Crippen MR) is 111 cm³/mol. The maximum Gasteiger partial charge on any atom is 0.326 e. The number of amides is 1. The summed E-state index contributed by atoms with van der Waals surface area (Å²) in [5.74, 6) is -1.34. The number of halogens is 1. The fraction of sp³-hybridized carbons (Fsp3) is 0.500. The molecule has 11 heteroatoms. The quantitative estimate of drug-likeness (QED) is 0.637. The second-order valence-electron chi connectivity index (χ2n) is 6.80. The van der Waals surface area contributed by atoms with Crippen molar-refractivity contribution in [2.24, 2.45) is 10.9 Å². The number of sulfonamides is 1. The number of piperidine rings is 1. The highest BCUT2D eigenvalue weighted by Crippen LogP contribution is 2.23. The molecule has 3 rings (SSSR count). The Morgan fingerprint density at radius 1 is 1.38 bits per heavy atom. The van der Waals surface area contributed by atoms with E-state index >= 15 is 0 Å². The molecule has 2 heterocycles. The first kappa shape index (κ1) is 21.9. The molecule has 29 heavy (non-hydrogen) atoms. The fourth-order valence-electron chi connectivity index (χ4n) is 3.25. The molecule has 0 radical (unpaired) electrons. The number of nitrogens with zero attached hydrogens (tertiary/aromatic N) is 3. The molecule has 0 aliphatic carbocycles. The van der Waals surface area contributed by atoms with Gasteiger partial charge in [0.25, 0.3) is 5.91 Å². The zero-order chi connectivity index (χ0) is 21.2. The average molecular weight is 460 g/mol. The second-order valence-corrected chi connectivity index (χ2v) is 10.2. The van der Waals surface area contributed by atoms with Crippen LogP contribution < -0.4 is 4.80 Å². The van der Waals surface area contributed by atoms with Crippen molar-refractivity contribution in [3.05, 3.63) is 28.0 Å². The minimum absolute atomic E-state index is 0.0816. The van der Waals surface area contributed by atoms with E-state index in [0.29, 0.717) is 29.2 Å². The number of rotatable bonds is 5. The van der Waals surface area contributed by atoms with Crippen molar-refractivity contribution >= 4 is 55.1 Å². The van der Waals surface area contributed by atoms with E-state index in [0.717, 1.165) is 16.5 Å². The van der Waals surface area contributed by atoms with Gasteiger partial charge in [-0.3, -0.25) is 9.59 Å². The monoisotopic (exact) mass is 459 g/mol. The molecule has 158 valence electrons. The summed E-state index contributed by atoms with van der Waals surface area (Å²) in [6, 6.07) is 5.22. The Kier molecular flexibility index (Phi) is 6.77. The molecule has 0 spiro atoms. The van der Waals surface area contributed by atoms with Gasteiger partial charge in [-0.2, -0.15) is 4.99 Å². The van der Waals surface area contributed by atoms with Crippen LogP contribution in [0.15, 0.2) is 23.2 Å². The average Bonchev–Trinajstić information content (AvgIpc) is 2.97. The van der Waals surface area contributed by atoms with E-state index in [9.17, 15) is 18.0 Å². The molecule has 0 bridgehead atoms. The molecule has 1 unspecified atom stereocenters. The van der Waals surface area contributed by atoms with Crippen LogP contribution in [0.1, 0.15) is 19.8 Å². The van der Waals surface area contributed by atoms with Gasteiger partial charge in [-0.1, -0.05) is 22.9 Å². The van der Waals surface area contributed by atoms with Gasteiger partial charge in [0.05, 0.1) is 29.0 Å². The van der Waals surface area contributed by atoms with E-state index in [4.69, 9.17) is 16.3 Å². The molecule has 0 N–H and O–H groups in total. The van der Waals surface area contributed by atoms with Crippen LogP contribution >= 0.6 is 22.9 Å². The highest BCUT2D eigenvalue weighted by Gasteiger charge is 2.30. The van der Waals surface area contributed by atoms with Crippen molar-refractivity contribution in [2.75, 3.05) is 26.0 Å². The lowest BCUT2D eigenvalue weighted by Crippen LogP contribution is -2.41. The van der Waals surface area contributed by atoms with Crippen LogP contribution in [0.3, 0.4) is 0 Å². The summed E-state index contributed by atoms with van der Waals surface area (Å²) in [5.41, 5.74) is 0.723. The third-order valence-corrected chi connectivity index (χ3v) is 7.19. The number of hydrogen-bond donors (Lipinski definition) is 0. The lowest BCUT2D eigenvalue weighted by molar-refractivity contribution is -0.143. The number of thiazole rings is 1. The van der Waals surface area contributed by atoms with Gasteiger partial charge in [-0.25, -0.2) is 12.7 Å². The summed E-state index contributed by atoms with van der Waals surface area (Å²) in [6.07, 6.45) is 2.31. The summed E-state index contributed by atoms with van der Waals surface area (Å²) >= 11 is 7.32. The molecular weight excluding hydrogens is 438 g/mol. The number of fused-ring (bicyclic) bond motifs is 1. The number of aromatic nitrogens is 1. The van der Waals surface area contributed by atoms with E-state index in [2.05, 4.69) is 4.99 Å². The van der Waals surface area contributed by atoms with Crippen molar-refractivity contribution in [3.63, 3.8) is 0 Å². The van der Waals surface area contributed by atoms with Crippen LogP contribution in [-0.4, -0.2) is 55.1 Å². The third-order valence-electron chi connectivity index (χ3n) is 4.65. The topological polar surface area (TPSA) is 98.0 Å². The van der Waals surface area contributed by atoms with Gasteiger partial charge in [0.2, 0.25) is 10.0 Å². The van der Waals surface area contributed by atoms with Crippen LogP contribution in [0.25, 0.3) is 10.2 Å². The summed E-state index contributed by atoms with van der Waals surface area (Å²) in [4.78, 5) is 29.5. The summed E-state index contributed by atoms with van der Waals surface area (Å²) in [7, 11) is -3.36. The van der Waals surface area contributed by atoms with Crippen molar-refractivity contribution in [1.82, 2.24) is 8.87 Å². The number of carbonyl (C=O) groups excluding carboxylic acids is 2. The molecule has 1 aromatic carbocycles. The Morgan fingerprint density at radius 3 is 2.83 bits per heavy atom. The normalized spacial score (nSPS) is 18.9. The van der Waals surface area contributed by atoms with Crippen LogP contribution in [-0.2, 0) is 30.9 Å². The minimum atomic E-state index is -3.36. The Morgan fingerprint density at radius 2 is 2.14 bits per heavy atom. The van der Waals surface area contributed by atoms with Gasteiger partial charge in [-0.15, -0.1) is 0 Å². The van der Waals surface area contributed by atoms with Crippen LogP contribution in [0, 0.1) is 5.92 Å². The van der Waals surface area contributed by atoms with Crippen LogP contribution in [0.2, 0.25) is 5.02 Å². The number of benzene rings is 1. The molecule has 1 atom stereocenters. The van der Waals surface area contributed by atoms with Gasteiger partial charge >= 0.3 is 5.97 Å². The van der Waals surface area contributed by atoms with E-state index in [-0.39, 0.29) is 19.7 Å². The predicted octanol–water partition coefficient (Wildman–Crippen LogP) is 2.02. The van der Waals surface area contributed by atoms with E-state index < -0.39 is 27.8 Å². The van der Waals surface area contributed by atoms with Gasteiger partial charge in [0, 0.05) is 18.1 Å². The first-order chi connectivity index (χ1) is 13.7. The van der Waals surface area contributed by atoms with Crippen molar-refractivity contribution in [1.29, 1.82) is 0 Å². The highest BCUT2D eigenvalue weighted by atomic mass is 35.5. The highest BCUT2D eigenvalue weighted by molar-refractivity contribution is 7.88. The Labute approximate surface area is 177 Å². The zero-order valence-corrected chi connectivity index (χ0v) is 18.5. The molecule has 2 aromatic rings. The van der Waals surface area contributed by atoms with Gasteiger partial charge in [0.1, 0.15) is 6.54 Å². The van der Waals surface area contributed by atoms with Crippen molar-refractivity contribution < 1.29 is 22.7 Å². The lowest BCUT2D eigenvalue weighted by Gasteiger charge is -2.28. The number of esters is 1. The van der Waals surface area contributed by atoms with Crippen LogP contribution in [0.4, 0.5) is 0 Å². The second kappa shape index (κ2) is 8.95. The SMILES string of the molecule is CCOC(=O)Cn1c(=NC(=O)C2CCCN(S(C)(=O)=O)C2)sc2cc(Cl)ccc21.